The number of carbonyl (C=O) groups is 1. The van der Waals surface area contributed by atoms with E-state index in [1.54, 1.807) is 0 Å². The molecule has 0 N–H and O–H groups in total. The van der Waals surface area contributed by atoms with E-state index in [4.69, 9.17) is 9.47 Å². The van der Waals surface area contributed by atoms with Crippen molar-refractivity contribution in [2.75, 3.05) is 47.0 Å². The summed E-state index contributed by atoms with van der Waals surface area (Å²) in [4.78, 5) is 12.3. The largest absolute Gasteiger partial charge is 0.462 e. The Labute approximate surface area is 289 Å². The Morgan fingerprint density at radius 3 is 1.22 bits per heavy atom. The Hall–Kier alpha value is -1.13. The van der Waals surface area contributed by atoms with Crippen molar-refractivity contribution in [3.8, 4) is 0 Å². The van der Waals surface area contributed by atoms with E-state index < -0.39 is 0 Å². The van der Waals surface area contributed by atoms with Crippen LogP contribution in [0.4, 0.5) is 0 Å². The van der Waals surface area contributed by atoms with Crippen molar-refractivity contribution in [3.05, 3.63) is 24.3 Å². The van der Waals surface area contributed by atoms with Crippen molar-refractivity contribution in [2.45, 2.75) is 194 Å². The second-order valence-electron chi connectivity index (χ2n) is 14.5. The van der Waals surface area contributed by atoms with Crippen molar-refractivity contribution in [1.29, 1.82) is 0 Å². The Morgan fingerprint density at radius 1 is 0.457 bits per heavy atom. The molecule has 0 aliphatic rings. The van der Waals surface area contributed by atoms with Gasteiger partial charge in [-0.05, 0) is 64.2 Å². The molecule has 0 saturated carbocycles. The highest BCUT2D eigenvalue weighted by molar-refractivity contribution is 5.70. The van der Waals surface area contributed by atoms with Crippen molar-refractivity contribution in [1.82, 2.24) is 0 Å². The molecule has 0 aromatic heterocycles. The van der Waals surface area contributed by atoms with E-state index in [9.17, 15) is 4.79 Å². The van der Waals surface area contributed by atoms with E-state index in [-0.39, 0.29) is 5.97 Å². The summed E-state index contributed by atoms with van der Waals surface area (Å²) in [6, 6.07) is 0. The fourth-order valence-electron chi connectivity index (χ4n) is 5.88. The summed E-state index contributed by atoms with van der Waals surface area (Å²) in [5, 5.41) is 0. The molecule has 0 heterocycles. The molecule has 0 spiro atoms. The number of carbonyl (C=O) groups excluding carboxylic acids is 1. The van der Waals surface area contributed by atoms with Crippen LogP contribution in [0.15, 0.2) is 24.3 Å². The second kappa shape index (κ2) is 36.7. The van der Waals surface area contributed by atoms with Crippen LogP contribution in [0.2, 0.25) is 0 Å². The van der Waals surface area contributed by atoms with Gasteiger partial charge in [0.15, 0.2) is 6.54 Å². The summed E-state index contributed by atoms with van der Waals surface area (Å²) >= 11 is 0. The van der Waals surface area contributed by atoms with Gasteiger partial charge in [-0.15, -0.1) is 0 Å². The Balaban J connectivity index is 3.44. The van der Waals surface area contributed by atoms with E-state index in [0.717, 1.165) is 32.4 Å². The molecule has 0 fully saturated rings. The van der Waals surface area contributed by atoms with Crippen LogP contribution in [-0.2, 0) is 14.3 Å². The maximum Gasteiger partial charge on any atom is 0.361 e. The zero-order valence-corrected chi connectivity index (χ0v) is 31.8. The average Bonchev–Trinajstić information content (AvgIpc) is 3.03. The topological polar surface area (TPSA) is 35.5 Å². The van der Waals surface area contributed by atoms with Gasteiger partial charge in [-0.3, -0.25) is 0 Å². The predicted molar refractivity (Wildman–Crippen MR) is 203 cm³/mol. The first-order chi connectivity index (χ1) is 22.5. The van der Waals surface area contributed by atoms with Crippen LogP contribution in [-0.4, -0.2) is 57.5 Å². The first-order valence-corrected chi connectivity index (χ1v) is 20.4. The highest BCUT2D eigenvalue weighted by Gasteiger charge is 2.20. The molecule has 0 aromatic rings. The van der Waals surface area contributed by atoms with E-state index >= 15 is 0 Å². The lowest BCUT2D eigenvalue weighted by Gasteiger charge is -2.28. The fraction of sp³-hybridized carbons (Fsp3) is 0.881. The molecule has 272 valence electrons. The van der Waals surface area contributed by atoms with Crippen LogP contribution in [0, 0.1) is 0 Å². The van der Waals surface area contributed by atoms with Crippen molar-refractivity contribution in [2.24, 2.45) is 0 Å². The fourth-order valence-corrected chi connectivity index (χ4v) is 5.88. The number of quaternary nitrogens is 1. The molecular weight excluding hydrogens is 566 g/mol. The number of esters is 1. The maximum atomic E-state index is 12.3. The SMILES string of the molecule is CCCCCCCCC=CCCCCCCCCOCC[N+](C)(C)CC(=O)OCCCCCCCCC=CCCCCCCCC. The van der Waals surface area contributed by atoms with E-state index in [1.807, 2.05) is 0 Å². The second-order valence-corrected chi connectivity index (χ2v) is 14.5. The molecule has 46 heavy (non-hydrogen) atoms. The number of unbranched alkanes of at least 4 members (excludes halogenated alkanes) is 24. The van der Waals surface area contributed by atoms with Crippen LogP contribution in [0.3, 0.4) is 0 Å². The highest BCUT2D eigenvalue weighted by Crippen LogP contribution is 2.12. The summed E-state index contributed by atoms with van der Waals surface area (Å²) in [5.41, 5.74) is 0. The monoisotopic (exact) mass is 649 g/mol. The summed E-state index contributed by atoms with van der Waals surface area (Å²) < 4.78 is 12.0. The van der Waals surface area contributed by atoms with Crippen molar-refractivity contribution < 1.29 is 18.8 Å². The molecule has 0 radical (unpaired) electrons. The van der Waals surface area contributed by atoms with Crippen molar-refractivity contribution in [3.63, 3.8) is 0 Å². The smallest absolute Gasteiger partial charge is 0.361 e. The number of allylic oxidation sites excluding steroid dienone is 4. The number of rotatable bonds is 37. The molecule has 0 atom stereocenters. The van der Waals surface area contributed by atoms with Gasteiger partial charge in [-0.1, -0.05) is 154 Å². The van der Waals surface area contributed by atoms with Crippen LogP contribution < -0.4 is 0 Å². The predicted octanol–water partition coefficient (Wildman–Crippen LogP) is 12.7. The van der Waals surface area contributed by atoms with Gasteiger partial charge in [-0.2, -0.15) is 0 Å². The number of hydrogen-bond donors (Lipinski definition) is 0. The lowest BCUT2D eigenvalue weighted by atomic mass is 10.1. The number of ether oxygens (including phenoxy) is 2. The lowest BCUT2D eigenvalue weighted by Crippen LogP contribution is -2.46. The standard InChI is InChI=1S/C42H82NO3/c1-5-7-9-11-13-15-17-19-21-23-25-27-29-31-33-35-38-45-40-37-43(3,4)41-42(44)46-39-36-34-32-30-28-26-24-22-20-18-16-14-12-10-8-6-2/h19-22H,5-18,23-41H2,1-4H3/q+1. The lowest BCUT2D eigenvalue weighted by molar-refractivity contribution is -0.883. The molecule has 0 rings (SSSR count). The third-order valence-electron chi connectivity index (χ3n) is 9.12. The van der Waals surface area contributed by atoms with Gasteiger partial charge in [0.1, 0.15) is 6.54 Å². The summed E-state index contributed by atoms with van der Waals surface area (Å²) in [7, 11) is 4.19. The van der Waals surface area contributed by atoms with Crippen LogP contribution in [0.25, 0.3) is 0 Å². The number of hydrogen-bond acceptors (Lipinski definition) is 3. The molecule has 0 saturated heterocycles. The van der Waals surface area contributed by atoms with Gasteiger partial charge in [0.25, 0.3) is 0 Å². The van der Waals surface area contributed by atoms with Crippen molar-refractivity contribution >= 4 is 5.97 Å². The van der Waals surface area contributed by atoms with Gasteiger partial charge in [-0.25, -0.2) is 4.79 Å². The zero-order chi connectivity index (χ0) is 33.7. The van der Waals surface area contributed by atoms with Gasteiger partial charge in [0.05, 0.1) is 27.3 Å². The first-order valence-electron chi connectivity index (χ1n) is 20.4. The third-order valence-corrected chi connectivity index (χ3v) is 9.12. The van der Waals surface area contributed by atoms with Gasteiger partial charge >= 0.3 is 5.97 Å². The van der Waals surface area contributed by atoms with E-state index in [1.165, 1.54) is 161 Å². The molecular formula is C42H82NO3+. The van der Waals surface area contributed by atoms with E-state index in [0.29, 0.717) is 24.2 Å². The summed E-state index contributed by atoms with van der Waals surface area (Å²) in [5.74, 6) is -0.0777. The highest BCUT2D eigenvalue weighted by atomic mass is 16.5. The molecule has 0 amide bonds. The molecule has 4 nitrogen and oxygen atoms in total. The quantitative estimate of drug-likeness (QED) is 0.0291. The molecule has 4 heteroatoms. The molecule has 0 aromatic carbocycles. The molecule has 0 bridgehead atoms. The van der Waals surface area contributed by atoms with E-state index in [2.05, 4.69) is 52.2 Å². The third kappa shape index (κ3) is 37.3. The minimum absolute atomic E-state index is 0.0777. The molecule has 0 aliphatic carbocycles. The van der Waals surface area contributed by atoms with Gasteiger partial charge in [0, 0.05) is 6.61 Å². The van der Waals surface area contributed by atoms with Crippen LogP contribution >= 0.6 is 0 Å². The summed E-state index contributed by atoms with van der Waals surface area (Å²) in [6.07, 6.45) is 46.2. The minimum atomic E-state index is -0.0777. The summed E-state index contributed by atoms with van der Waals surface area (Å²) in [6.45, 7) is 7.93. The average molecular weight is 649 g/mol. The molecule has 0 unspecified atom stereocenters. The number of nitrogens with zero attached hydrogens (tertiary/aromatic N) is 1. The number of likely N-dealkylation sites (N-methyl/N-ethyl adjacent to an activating group) is 1. The Morgan fingerprint density at radius 2 is 0.804 bits per heavy atom. The first kappa shape index (κ1) is 44.9. The van der Waals surface area contributed by atoms with Gasteiger partial charge in [0.2, 0.25) is 0 Å². The maximum absolute atomic E-state index is 12.3. The van der Waals surface area contributed by atoms with Gasteiger partial charge < -0.3 is 14.0 Å². The Kier molecular flexibility index (Phi) is 35.8. The molecule has 0 aliphatic heterocycles. The van der Waals surface area contributed by atoms with Crippen LogP contribution in [0.5, 0.6) is 0 Å². The Bertz CT molecular complexity index is 672. The van der Waals surface area contributed by atoms with Crippen LogP contribution in [0.1, 0.15) is 194 Å². The normalized spacial score (nSPS) is 12.2. The zero-order valence-electron chi connectivity index (χ0n) is 31.8. The minimum Gasteiger partial charge on any atom is -0.462 e.